The third-order valence-corrected chi connectivity index (χ3v) is 2.92. The van der Waals surface area contributed by atoms with Crippen LogP contribution in [0.1, 0.15) is 32.3 Å². The quantitative estimate of drug-likeness (QED) is 0.728. The lowest BCUT2D eigenvalue weighted by Crippen LogP contribution is -2.15. The first-order valence-electron chi connectivity index (χ1n) is 6.56. The highest BCUT2D eigenvalue weighted by atomic mass is 15.1. The van der Waals surface area contributed by atoms with Gasteiger partial charge in [-0.3, -0.25) is 0 Å². The van der Waals surface area contributed by atoms with E-state index in [0.717, 1.165) is 19.0 Å². The predicted molar refractivity (Wildman–Crippen MR) is 76.5 cm³/mol. The van der Waals surface area contributed by atoms with Crippen LogP contribution in [0.5, 0.6) is 0 Å². The largest absolute Gasteiger partial charge is 0.378 e. The molecule has 96 valence electrons. The lowest BCUT2D eigenvalue weighted by atomic mass is 10.1. The van der Waals surface area contributed by atoms with Crippen molar-refractivity contribution in [3.8, 4) is 0 Å². The first-order chi connectivity index (χ1) is 8.09. The van der Waals surface area contributed by atoms with Gasteiger partial charge in [-0.15, -0.1) is 0 Å². The van der Waals surface area contributed by atoms with E-state index in [9.17, 15) is 0 Å². The summed E-state index contributed by atoms with van der Waals surface area (Å²) in [5.74, 6) is 0.816. The van der Waals surface area contributed by atoms with E-state index in [0.29, 0.717) is 0 Å². The fraction of sp³-hybridized carbons (Fsp3) is 0.600. The lowest BCUT2D eigenvalue weighted by molar-refractivity contribution is 0.527. The molecule has 0 saturated heterocycles. The van der Waals surface area contributed by atoms with Crippen LogP contribution in [-0.2, 0) is 6.54 Å². The molecule has 2 heteroatoms. The minimum absolute atomic E-state index is 0.816. The van der Waals surface area contributed by atoms with Crippen molar-refractivity contribution >= 4 is 5.69 Å². The van der Waals surface area contributed by atoms with Crippen molar-refractivity contribution in [1.82, 2.24) is 5.32 Å². The fourth-order valence-corrected chi connectivity index (χ4v) is 1.78. The molecule has 0 bridgehead atoms. The summed E-state index contributed by atoms with van der Waals surface area (Å²) in [6.45, 7) is 6.65. The van der Waals surface area contributed by atoms with Crippen molar-refractivity contribution in [2.45, 2.75) is 33.2 Å². The Balaban J connectivity index is 2.23. The number of rotatable bonds is 7. The topological polar surface area (TPSA) is 15.3 Å². The van der Waals surface area contributed by atoms with Crippen molar-refractivity contribution in [1.29, 1.82) is 0 Å². The molecule has 0 atom stereocenters. The second-order valence-electron chi connectivity index (χ2n) is 5.27. The zero-order valence-electron chi connectivity index (χ0n) is 11.7. The molecule has 0 fully saturated rings. The highest BCUT2D eigenvalue weighted by Gasteiger charge is 1.97. The minimum Gasteiger partial charge on any atom is -0.378 e. The van der Waals surface area contributed by atoms with E-state index in [1.807, 2.05) is 0 Å². The smallest absolute Gasteiger partial charge is 0.0361 e. The van der Waals surface area contributed by atoms with E-state index in [2.05, 4.69) is 62.4 Å². The van der Waals surface area contributed by atoms with Crippen LogP contribution in [0.15, 0.2) is 24.3 Å². The van der Waals surface area contributed by atoms with Gasteiger partial charge in [-0.25, -0.2) is 0 Å². The molecule has 0 aliphatic heterocycles. The van der Waals surface area contributed by atoms with Crippen LogP contribution >= 0.6 is 0 Å². The highest BCUT2D eigenvalue weighted by molar-refractivity contribution is 5.45. The molecule has 0 aliphatic carbocycles. The van der Waals surface area contributed by atoms with Gasteiger partial charge in [0.2, 0.25) is 0 Å². The number of hydrogen-bond donors (Lipinski definition) is 1. The molecule has 0 amide bonds. The average Bonchev–Trinajstić information content (AvgIpc) is 2.29. The van der Waals surface area contributed by atoms with Crippen molar-refractivity contribution in [2.24, 2.45) is 5.92 Å². The monoisotopic (exact) mass is 234 g/mol. The second kappa shape index (κ2) is 7.33. The van der Waals surface area contributed by atoms with Gasteiger partial charge >= 0.3 is 0 Å². The maximum absolute atomic E-state index is 3.49. The van der Waals surface area contributed by atoms with Crippen molar-refractivity contribution in [3.63, 3.8) is 0 Å². The summed E-state index contributed by atoms with van der Waals surface area (Å²) in [5, 5.41) is 3.49. The standard InChI is InChI=1S/C15H26N2/c1-13(2)6-5-11-16-12-14-7-9-15(10-8-14)17(3)4/h7-10,13,16H,5-6,11-12H2,1-4H3. The van der Waals surface area contributed by atoms with Gasteiger partial charge in [0.25, 0.3) is 0 Å². The molecule has 1 N–H and O–H groups in total. The SMILES string of the molecule is CC(C)CCCNCc1ccc(N(C)C)cc1. The number of benzene rings is 1. The van der Waals surface area contributed by atoms with E-state index in [4.69, 9.17) is 0 Å². The van der Waals surface area contributed by atoms with Crippen molar-refractivity contribution < 1.29 is 0 Å². The third-order valence-electron chi connectivity index (χ3n) is 2.92. The van der Waals surface area contributed by atoms with Gasteiger partial charge in [0.15, 0.2) is 0 Å². The molecule has 1 rings (SSSR count). The molecule has 0 unspecified atom stereocenters. The Kier molecular flexibility index (Phi) is 6.06. The van der Waals surface area contributed by atoms with Gasteiger partial charge in [0, 0.05) is 26.3 Å². The van der Waals surface area contributed by atoms with Gasteiger partial charge in [-0.1, -0.05) is 26.0 Å². The maximum atomic E-state index is 3.49. The van der Waals surface area contributed by atoms with E-state index < -0.39 is 0 Å². The van der Waals surface area contributed by atoms with Crippen LogP contribution in [0, 0.1) is 5.92 Å². The first kappa shape index (κ1) is 14.0. The molecule has 1 aromatic rings. The molecule has 2 nitrogen and oxygen atoms in total. The normalized spacial score (nSPS) is 10.9. The first-order valence-corrected chi connectivity index (χ1v) is 6.56. The molecule has 0 spiro atoms. The molecule has 0 radical (unpaired) electrons. The van der Waals surface area contributed by atoms with Crippen LogP contribution < -0.4 is 10.2 Å². The predicted octanol–water partition coefficient (Wildman–Crippen LogP) is 3.28. The molecule has 1 aromatic carbocycles. The summed E-state index contributed by atoms with van der Waals surface area (Å²) >= 11 is 0. The Morgan fingerprint density at radius 2 is 1.76 bits per heavy atom. The molecule has 0 aliphatic rings. The fourth-order valence-electron chi connectivity index (χ4n) is 1.78. The van der Waals surface area contributed by atoms with Gasteiger partial charge in [0.05, 0.1) is 0 Å². The Morgan fingerprint density at radius 1 is 1.12 bits per heavy atom. The number of nitrogens with zero attached hydrogens (tertiary/aromatic N) is 1. The summed E-state index contributed by atoms with van der Waals surface area (Å²) in [4.78, 5) is 2.12. The Hall–Kier alpha value is -1.02. The summed E-state index contributed by atoms with van der Waals surface area (Å²) < 4.78 is 0. The summed E-state index contributed by atoms with van der Waals surface area (Å²) in [7, 11) is 4.14. The Labute approximate surface area is 106 Å². The summed E-state index contributed by atoms with van der Waals surface area (Å²) in [6.07, 6.45) is 2.58. The van der Waals surface area contributed by atoms with Gasteiger partial charge in [-0.2, -0.15) is 0 Å². The van der Waals surface area contributed by atoms with E-state index in [-0.39, 0.29) is 0 Å². The highest BCUT2D eigenvalue weighted by Crippen LogP contribution is 2.12. The van der Waals surface area contributed by atoms with E-state index >= 15 is 0 Å². The number of nitrogens with one attached hydrogen (secondary N) is 1. The zero-order chi connectivity index (χ0) is 12.7. The molecule has 0 saturated carbocycles. The Bertz CT molecular complexity index is 301. The minimum atomic E-state index is 0.816. The summed E-state index contributed by atoms with van der Waals surface area (Å²) in [5.41, 5.74) is 2.62. The number of anilines is 1. The van der Waals surface area contributed by atoms with Crippen molar-refractivity contribution in [3.05, 3.63) is 29.8 Å². The lowest BCUT2D eigenvalue weighted by Gasteiger charge is -2.13. The average molecular weight is 234 g/mol. The van der Waals surface area contributed by atoms with Crippen LogP contribution in [0.4, 0.5) is 5.69 Å². The van der Waals surface area contributed by atoms with E-state index in [1.54, 1.807) is 0 Å². The van der Waals surface area contributed by atoms with Crippen LogP contribution in [-0.4, -0.2) is 20.6 Å². The van der Waals surface area contributed by atoms with Crippen LogP contribution in [0.3, 0.4) is 0 Å². The Morgan fingerprint density at radius 3 is 2.29 bits per heavy atom. The molecule has 0 aromatic heterocycles. The maximum Gasteiger partial charge on any atom is 0.0361 e. The number of hydrogen-bond acceptors (Lipinski definition) is 2. The van der Waals surface area contributed by atoms with Crippen LogP contribution in [0.25, 0.3) is 0 Å². The molecule has 17 heavy (non-hydrogen) atoms. The van der Waals surface area contributed by atoms with Crippen LogP contribution in [0.2, 0.25) is 0 Å². The zero-order valence-corrected chi connectivity index (χ0v) is 11.7. The third kappa shape index (κ3) is 5.73. The summed E-state index contributed by atoms with van der Waals surface area (Å²) in [6, 6.07) is 8.74. The van der Waals surface area contributed by atoms with E-state index in [1.165, 1.54) is 24.1 Å². The molecular formula is C15H26N2. The molecule has 0 heterocycles. The second-order valence-corrected chi connectivity index (χ2v) is 5.27. The van der Waals surface area contributed by atoms with Gasteiger partial charge in [-0.05, 0) is 43.0 Å². The van der Waals surface area contributed by atoms with Gasteiger partial charge < -0.3 is 10.2 Å². The van der Waals surface area contributed by atoms with Gasteiger partial charge in [0.1, 0.15) is 0 Å². The molecular weight excluding hydrogens is 208 g/mol. The van der Waals surface area contributed by atoms with Crippen molar-refractivity contribution in [2.75, 3.05) is 25.5 Å².